The number of amides is 1. The lowest BCUT2D eigenvalue weighted by molar-refractivity contribution is -0.140. The van der Waals surface area contributed by atoms with E-state index >= 15 is 0 Å². The summed E-state index contributed by atoms with van der Waals surface area (Å²) in [4.78, 5) is 22.6. The quantitative estimate of drug-likeness (QED) is 0.499. The van der Waals surface area contributed by atoms with Crippen LogP contribution in [0.25, 0.3) is 0 Å². The van der Waals surface area contributed by atoms with Gasteiger partial charge < -0.3 is 15.4 Å². The average molecular weight is 284 g/mol. The number of carbonyl (C=O) groups excluding carboxylic acids is 2. The lowest BCUT2D eigenvalue weighted by Gasteiger charge is -2.22. The second-order valence-corrected chi connectivity index (χ2v) is 5.47. The van der Waals surface area contributed by atoms with Gasteiger partial charge in [0.15, 0.2) is 0 Å². The van der Waals surface area contributed by atoms with Gasteiger partial charge in [-0.2, -0.15) is 0 Å². The summed E-state index contributed by atoms with van der Waals surface area (Å²) >= 11 is 0. The molecule has 0 aromatic carbocycles. The molecule has 0 aromatic rings. The van der Waals surface area contributed by atoms with Gasteiger partial charge in [-0.05, 0) is 51.1 Å². The van der Waals surface area contributed by atoms with Gasteiger partial charge in [-0.25, -0.2) is 0 Å². The number of hydrogen-bond acceptors (Lipinski definition) is 4. The Morgan fingerprint density at radius 3 is 2.60 bits per heavy atom. The molecule has 1 aliphatic rings. The normalized spacial score (nSPS) is 15.8. The van der Waals surface area contributed by atoms with Gasteiger partial charge in [-0.3, -0.25) is 9.59 Å². The zero-order valence-corrected chi connectivity index (χ0v) is 12.6. The molecule has 1 rings (SSSR count). The predicted octanol–water partition coefficient (Wildman–Crippen LogP) is 1.62. The summed E-state index contributed by atoms with van der Waals surface area (Å²) in [7, 11) is 1.41. The summed E-state index contributed by atoms with van der Waals surface area (Å²) in [6, 6.07) is 0. The average Bonchev–Trinajstić information content (AvgIpc) is 2.49. The summed E-state index contributed by atoms with van der Waals surface area (Å²) in [6.45, 7) is 2.89. The number of rotatable bonds is 9. The Kier molecular flexibility index (Phi) is 9.04. The Bertz CT molecular complexity index is 289. The first-order valence-corrected chi connectivity index (χ1v) is 7.76. The molecular formula is C15H28N2O3. The van der Waals surface area contributed by atoms with Crippen LogP contribution in [0.15, 0.2) is 0 Å². The van der Waals surface area contributed by atoms with Gasteiger partial charge in [0.1, 0.15) is 0 Å². The number of hydrogen-bond donors (Lipinski definition) is 2. The first kappa shape index (κ1) is 17.0. The van der Waals surface area contributed by atoms with Gasteiger partial charge in [0.25, 0.3) is 0 Å². The molecule has 20 heavy (non-hydrogen) atoms. The van der Waals surface area contributed by atoms with Crippen molar-refractivity contribution in [2.45, 2.75) is 51.4 Å². The van der Waals surface area contributed by atoms with Crippen LogP contribution in [0.1, 0.15) is 51.4 Å². The van der Waals surface area contributed by atoms with Crippen LogP contribution in [0.5, 0.6) is 0 Å². The smallest absolute Gasteiger partial charge is 0.305 e. The highest BCUT2D eigenvalue weighted by atomic mass is 16.5. The molecule has 5 nitrogen and oxygen atoms in total. The van der Waals surface area contributed by atoms with Crippen molar-refractivity contribution in [3.05, 3.63) is 0 Å². The van der Waals surface area contributed by atoms with E-state index in [1.807, 2.05) is 0 Å². The van der Waals surface area contributed by atoms with Crippen LogP contribution < -0.4 is 10.6 Å². The Balaban J connectivity index is 1.90. The summed E-state index contributed by atoms with van der Waals surface area (Å²) in [6.07, 6.45) is 7.22. The number of ether oxygens (including phenoxy) is 1. The largest absolute Gasteiger partial charge is 0.469 e. The van der Waals surface area contributed by atoms with E-state index in [2.05, 4.69) is 15.4 Å². The third-order valence-electron chi connectivity index (χ3n) is 3.85. The van der Waals surface area contributed by atoms with E-state index in [0.29, 0.717) is 25.3 Å². The summed E-state index contributed by atoms with van der Waals surface area (Å²) in [5, 5.41) is 6.29. The number of piperidine rings is 1. The Labute approximate surface area is 121 Å². The van der Waals surface area contributed by atoms with Crippen LogP contribution in [-0.2, 0) is 14.3 Å². The van der Waals surface area contributed by atoms with Crippen LogP contribution >= 0.6 is 0 Å². The molecule has 0 aromatic heterocycles. The molecule has 116 valence electrons. The molecule has 0 atom stereocenters. The molecule has 0 saturated carbocycles. The Morgan fingerprint density at radius 1 is 1.15 bits per heavy atom. The lowest BCUT2D eigenvalue weighted by Crippen LogP contribution is -2.29. The van der Waals surface area contributed by atoms with Crippen molar-refractivity contribution in [1.29, 1.82) is 0 Å². The van der Waals surface area contributed by atoms with Crippen molar-refractivity contribution in [3.8, 4) is 0 Å². The van der Waals surface area contributed by atoms with Crippen LogP contribution in [0.4, 0.5) is 0 Å². The standard InChI is InChI=1S/C15H28N2O3/c1-20-15(19)5-3-2-4-10-17-14(18)7-6-13-8-11-16-12-9-13/h13,16H,2-12H2,1H3,(H,17,18). The van der Waals surface area contributed by atoms with Gasteiger partial charge in [-0.1, -0.05) is 6.42 Å². The van der Waals surface area contributed by atoms with Gasteiger partial charge in [0.2, 0.25) is 5.91 Å². The van der Waals surface area contributed by atoms with Crippen molar-refractivity contribution >= 4 is 11.9 Å². The van der Waals surface area contributed by atoms with E-state index < -0.39 is 0 Å². The molecule has 1 saturated heterocycles. The Hall–Kier alpha value is -1.10. The SMILES string of the molecule is COC(=O)CCCCCNC(=O)CCC1CCNCC1. The lowest BCUT2D eigenvalue weighted by atomic mass is 9.93. The fourth-order valence-corrected chi connectivity index (χ4v) is 2.49. The summed E-state index contributed by atoms with van der Waals surface area (Å²) in [5.41, 5.74) is 0. The molecule has 1 heterocycles. The number of carbonyl (C=O) groups is 2. The van der Waals surface area contributed by atoms with E-state index in [1.165, 1.54) is 20.0 Å². The molecule has 1 aliphatic heterocycles. The molecule has 0 aliphatic carbocycles. The highest BCUT2D eigenvalue weighted by Crippen LogP contribution is 2.17. The minimum Gasteiger partial charge on any atom is -0.469 e. The number of nitrogens with one attached hydrogen (secondary N) is 2. The van der Waals surface area contributed by atoms with E-state index in [1.54, 1.807) is 0 Å². The highest BCUT2D eigenvalue weighted by molar-refractivity contribution is 5.75. The first-order chi connectivity index (χ1) is 9.72. The van der Waals surface area contributed by atoms with Crippen LogP contribution in [0, 0.1) is 5.92 Å². The minimum absolute atomic E-state index is 0.156. The number of unbranched alkanes of at least 4 members (excludes halogenated alkanes) is 2. The second-order valence-electron chi connectivity index (χ2n) is 5.47. The van der Waals surface area contributed by atoms with E-state index in [4.69, 9.17) is 0 Å². The van der Waals surface area contributed by atoms with Gasteiger partial charge >= 0.3 is 5.97 Å². The maximum absolute atomic E-state index is 11.7. The zero-order valence-electron chi connectivity index (χ0n) is 12.6. The second kappa shape index (κ2) is 10.7. The number of methoxy groups -OCH3 is 1. The first-order valence-electron chi connectivity index (χ1n) is 7.76. The highest BCUT2D eigenvalue weighted by Gasteiger charge is 2.14. The van der Waals surface area contributed by atoms with E-state index in [0.717, 1.165) is 38.8 Å². The maximum Gasteiger partial charge on any atom is 0.305 e. The fraction of sp³-hybridized carbons (Fsp3) is 0.867. The molecule has 0 bridgehead atoms. The molecule has 0 spiro atoms. The van der Waals surface area contributed by atoms with Crippen molar-refractivity contribution in [1.82, 2.24) is 10.6 Å². The van der Waals surface area contributed by atoms with Crippen LogP contribution in [0.2, 0.25) is 0 Å². The molecule has 0 unspecified atom stereocenters. The Morgan fingerprint density at radius 2 is 1.90 bits per heavy atom. The van der Waals surface area contributed by atoms with Crippen molar-refractivity contribution in [3.63, 3.8) is 0 Å². The monoisotopic (exact) mass is 284 g/mol. The summed E-state index contributed by atoms with van der Waals surface area (Å²) in [5.74, 6) is 0.717. The molecule has 2 N–H and O–H groups in total. The van der Waals surface area contributed by atoms with E-state index in [-0.39, 0.29) is 11.9 Å². The zero-order chi connectivity index (χ0) is 14.6. The maximum atomic E-state index is 11.7. The van der Waals surface area contributed by atoms with Gasteiger partial charge in [-0.15, -0.1) is 0 Å². The predicted molar refractivity (Wildman–Crippen MR) is 78.3 cm³/mol. The minimum atomic E-state index is -0.156. The van der Waals surface area contributed by atoms with Crippen molar-refractivity contribution < 1.29 is 14.3 Å². The van der Waals surface area contributed by atoms with Crippen LogP contribution in [0.3, 0.4) is 0 Å². The number of esters is 1. The molecule has 1 fully saturated rings. The third kappa shape index (κ3) is 8.15. The summed E-state index contributed by atoms with van der Waals surface area (Å²) < 4.78 is 4.57. The molecule has 0 radical (unpaired) electrons. The van der Waals surface area contributed by atoms with Gasteiger partial charge in [0, 0.05) is 19.4 Å². The fourth-order valence-electron chi connectivity index (χ4n) is 2.49. The van der Waals surface area contributed by atoms with Crippen LogP contribution in [-0.4, -0.2) is 38.6 Å². The molecule has 1 amide bonds. The third-order valence-corrected chi connectivity index (χ3v) is 3.85. The van der Waals surface area contributed by atoms with Crippen molar-refractivity contribution in [2.75, 3.05) is 26.7 Å². The molecule has 5 heteroatoms. The van der Waals surface area contributed by atoms with Crippen molar-refractivity contribution in [2.24, 2.45) is 5.92 Å². The molecular weight excluding hydrogens is 256 g/mol. The van der Waals surface area contributed by atoms with E-state index in [9.17, 15) is 9.59 Å². The topological polar surface area (TPSA) is 67.4 Å². The van der Waals surface area contributed by atoms with Gasteiger partial charge in [0.05, 0.1) is 7.11 Å².